The number of hydrogen-bond donors (Lipinski definition) is 1. The number of benzene rings is 1. The minimum absolute atomic E-state index is 0.00853. The molecule has 1 aliphatic heterocycles. The largest absolute Gasteiger partial charge is 0.376 e. The molecule has 0 aliphatic carbocycles. The van der Waals surface area contributed by atoms with E-state index in [1.807, 2.05) is 0 Å². The SMILES string of the molecule is O=[N+]([O-])c1cccc(F)c1NCC1CCCO1. The minimum atomic E-state index is -0.614. The molecule has 0 bridgehead atoms. The van der Waals surface area contributed by atoms with E-state index < -0.39 is 10.7 Å². The average molecular weight is 240 g/mol. The van der Waals surface area contributed by atoms with Gasteiger partial charge < -0.3 is 10.1 Å². The van der Waals surface area contributed by atoms with E-state index in [1.54, 1.807) is 0 Å². The van der Waals surface area contributed by atoms with Crippen LogP contribution >= 0.6 is 0 Å². The first-order valence-corrected chi connectivity index (χ1v) is 5.47. The third-order valence-corrected chi connectivity index (χ3v) is 2.72. The summed E-state index contributed by atoms with van der Waals surface area (Å²) in [5.74, 6) is -0.614. The second-order valence-electron chi connectivity index (χ2n) is 3.91. The molecule has 0 spiro atoms. The highest BCUT2D eigenvalue weighted by Crippen LogP contribution is 2.27. The van der Waals surface area contributed by atoms with Gasteiger partial charge in [-0.25, -0.2) is 4.39 Å². The fraction of sp³-hybridized carbons (Fsp3) is 0.455. The molecule has 0 amide bonds. The van der Waals surface area contributed by atoms with Gasteiger partial charge in [0.25, 0.3) is 5.69 Å². The molecule has 0 saturated carbocycles. The summed E-state index contributed by atoms with van der Waals surface area (Å²) in [6, 6.07) is 3.80. The maximum atomic E-state index is 13.5. The quantitative estimate of drug-likeness (QED) is 0.648. The lowest BCUT2D eigenvalue weighted by Crippen LogP contribution is -2.19. The molecule has 1 aliphatic rings. The van der Waals surface area contributed by atoms with Gasteiger partial charge in [-0.3, -0.25) is 10.1 Å². The number of nitrogens with one attached hydrogen (secondary N) is 1. The lowest BCUT2D eigenvalue weighted by Gasteiger charge is -2.12. The highest BCUT2D eigenvalue weighted by Gasteiger charge is 2.20. The summed E-state index contributed by atoms with van der Waals surface area (Å²) >= 11 is 0. The van der Waals surface area contributed by atoms with Gasteiger partial charge in [-0.1, -0.05) is 6.07 Å². The van der Waals surface area contributed by atoms with Gasteiger partial charge >= 0.3 is 0 Å². The number of hydrogen-bond acceptors (Lipinski definition) is 4. The molecule has 1 heterocycles. The first-order chi connectivity index (χ1) is 8.18. The van der Waals surface area contributed by atoms with E-state index in [2.05, 4.69) is 5.32 Å². The van der Waals surface area contributed by atoms with Crippen molar-refractivity contribution in [1.29, 1.82) is 0 Å². The molecule has 1 atom stereocenters. The number of anilines is 1. The molecule has 17 heavy (non-hydrogen) atoms. The molecule has 5 nitrogen and oxygen atoms in total. The van der Waals surface area contributed by atoms with Crippen LogP contribution in [0.1, 0.15) is 12.8 Å². The Bertz CT molecular complexity index is 419. The summed E-state index contributed by atoms with van der Waals surface area (Å²) in [6.07, 6.45) is 1.88. The fourth-order valence-electron chi connectivity index (χ4n) is 1.86. The van der Waals surface area contributed by atoms with E-state index >= 15 is 0 Å². The molecule has 1 saturated heterocycles. The number of nitrogens with zero attached hydrogens (tertiary/aromatic N) is 1. The molecule has 2 rings (SSSR count). The van der Waals surface area contributed by atoms with Gasteiger partial charge in [-0.15, -0.1) is 0 Å². The van der Waals surface area contributed by atoms with Crippen molar-refractivity contribution >= 4 is 11.4 Å². The van der Waals surface area contributed by atoms with Crippen LogP contribution in [-0.4, -0.2) is 24.2 Å². The summed E-state index contributed by atoms with van der Waals surface area (Å²) in [5, 5.41) is 13.5. The van der Waals surface area contributed by atoms with Crippen LogP contribution in [0.3, 0.4) is 0 Å². The van der Waals surface area contributed by atoms with Crippen molar-refractivity contribution in [3.05, 3.63) is 34.1 Å². The summed E-state index contributed by atoms with van der Waals surface area (Å²) in [4.78, 5) is 10.1. The van der Waals surface area contributed by atoms with Crippen LogP contribution in [0.5, 0.6) is 0 Å². The van der Waals surface area contributed by atoms with Crippen molar-refractivity contribution in [2.75, 3.05) is 18.5 Å². The van der Waals surface area contributed by atoms with Crippen molar-refractivity contribution in [3.8, 4) is 0 Å². The highest BCUT2D eigenvalue weighted by molar-refractivity contribution is 5.62. The predicted octanol–water partition coefficient (Wildman–Crippen LogP) is 2.32. The van der Waals surface area contributed by atoms with Crippen molar-refractivity contribution < 1.29 is 14.1 Å². The van der Waals surface area contributed by atoms with E-state index in [0.29, 0.717) is 13.2 Å². The number of nitro groups is 1. The van der Waals surface area contributed by atoms with E-state index in [9.17, 15) is 14.5 Å². The zero-order chi connectivity index (χ0) is 12.3. The molecule has 1 fully saturated rings. The van der Waals surface area contributed by atoms with E-state index in [1.165, 1.54) is 18.2 Å². The first kappa shape index (κ1) is 11.8. The van der Waals surface area contributed by atoms with E-state index in [4.69, 9.17) is 4.74 Å². The lowest BCUT2D eigenvalue weighted by atomic mass is 10.2. The van der Waals surface area contributed by atoms with Crippen LogP contribution < -0.4 is 5.32 Å². The summed E-state index contributed by atoms with van der Waals surface area (Å²) < 4.78 is 18.8. The molecule has 1 aromatic rings. The number of halogens is 1. The maximum Gasteiger partial charge on any atom is 0.295 e. The predicted molar refractivity (Wildman–Crippen MR) is 60.5 cm³/mol. The molecule has 92 valence electrons. The average Bonchev–Trinajstić information content (AvgIpc) is 2.80. The fourth-order valence-corrected chi connectivity index (χ4v) is 1.86. The van der Waals surface area contributed by atoms with Gasteiger partial charge in [0.05, 0.1) is 11.0 Å². The van der Waals surface area contributed by atoms with Crippen molar-refractivity contribution in [2.45, 2.75) is 18.9 Å². The first-order valence-electron chi connectivity index (χ1n) is 5.47. The Labute approximate surface area is 97.7 Å². The highest BCUT2D eigenvalue weighted by atomic mass is 19.1. The zero-order valence-electron chi connectivity index (χ0n) is 9.19. The van der Waals surface area contributed by atoms with Gasteiger partial charge in [0.2, 0.25) is 0 Å². The number of para-hydroxylation sites is 1. The molecule has 1 N–H and O–H groups in total. The second-order valence-corrected chi connectivity index (χ2v) is 3.91. The summed E-state index contributed by atoms with van der Waals surface area (Å²) in [5.41, 5.74) is -0.309. The van der Waals surface area contributed by atoms with Gasteiger partial charge in [-0.05, 0) is 18.9 Å². The Kier molecular flexibility index (Phi) is 3.53. The molecule has 1 aromatic carbocycles. The van der Waals surface area contributed by atoms with Crippen LogP contribution in [0.4, 0.5) is 15.8 Å². The molecule has 0 radical (unpaired) electrons. The second kappa shape index (κ2) is 5.09. The normalized spacial score (nSPS) is 19.2. The Hall–Kier alpha value is -1.69. The van der Waals surface area contributed by atoms with Crippen LogP contribution in [-0.2, 0) is 4.74 Å². The Morgan fingerprint density at radius 1 is 1.59 bits per heavy atom. The monoisotopic (exact) mass is 240 g/mol. The van der Waals surface area contributed by atoms with Gasteiger partial charge in [0, 0.05) is 19.2 Å². The van der Waals surface area contributed by atoms with E-state index in [-0.39, 0.29) is 17.5 Å². The van der Waals surface area contributed by atoms with Crippen LogP contribution in [0, 0.1) is 15.9 Å². The number of nitro benzene ring substituents is 1. The third kappa shape index (κ3) is 2.71. The molecular weight excluding hydrogens is 227 g/mol. The van der Waals surface area contributed by atoms with Crippen molar-refractivity contribution in [1.82, 2.24) is 0 Å². The van der Waals surface area contributed by atoms with Gasteiger partial charge in [0.1, 0.15) is 5.69 Å². The van der Waals surface area contributed by atoms with E-state index in [0.717, 1.165) is 12.8 Å². The topological polar surface area (TPSA) is 64.4 Å². The standard InChI is InChI=1S/C11H13FN2O3/c12-9-4-1-5-10(14(15)16)11(9)13-7-8-3-2-6-17-8/h1,4-5,8,13H,2-3,6-7H2. The van der Waals surface area contributed by atoms with Crippen LogP contribution in [0.15, 0.2) is 18.2 Å². The summed E-state index contributed by atoms with van der Waals surface area (Å²) in [7, 11) is 0. The molecule has 6 heteroatoms. The zero-order valence-corrected chi connectivity index (χ0v) is 9.19. The maximum absolute atomic E-state index is 13.5. The lowest BCUT2D eigenvalue weighted by molar-refractivity contribution is -0.384. The van der Waals surface area contributed by atoms with Crippen molar-refractivity contribution in [3.63, 3.8) is 0 Å². The smallest absolute Gasteiger partial charge is 0.295 e. The van der Waals surface area contributed by atoms with Crippen molar-refractivity contribution in [2.24, 2.45) is 0 Å². The molecular formula is C11H13FN2O3. The molecule has 1 unspecified atom stereocenters. The van der Waals surface area contributed by atoms with Crippen LogP contribution in [0.2, 0.25) is 0 Å². The Morgan fingerprint density at radius 2 is 2.41 bits per heavy atom. The van der Waals surface area contributed by atoms with Gasteiger partial charge in [0.15, 0.2) is 5.82 Å². The molecule has 0 aromatic heterocycles. The number of ether oxygens (including phenoxy) is 1. The Balaban J connectivity index is 2.10. The van der Waals surface area contributed by atoms with Crippen LogP contribution in [0.25, 0.3) is 0 Å². The number of rotatable bonds is 4. The van der Waals surface area contributed by atoms with Gasteiger partial charge in [-0.2, -0.15) is 0 Å². The third-order valence-electron chi connectivity index (χ3n) is 2.72. The summed E-state index contributed by atoms with van der Waals surface area (Å²) in [6.45, 7) is 1.09. The minimum Gasteiger partial charge on any atom is -0.376 e. The Morgan fingerprint density at radius 3 is 3.06 bits per heavy atom.